The second-order valence-electron chi connectivity index (χ2n) is 16.0. The van der Waals surface area contributed by atoms with E-state index in [1.54, 1.807) is 24.3 Å². The summed E-state index contributed by atoms with van der Waals surface area (Å²) < 4.78 is 36.4. The van der Waals surface area contributed by atoms with Crippen LogP contribution in [0, 0.1) is 29.4 Å². The average Bonchev–Trinajstić information content (AvgIpc) is 3.75. The number of aromatic amines is 2. The number of piperidine rings is 2. The van der Waals surface area contributed by atoms with Gasteiger partial charge in [-0.25, -0.2) is 18.4 Å². The first-order valence-electron chi connectivity index (χ1n) is 20.0. The summed E-state index contributed by atoms with van der Waals surface area (Å²) in [6, 6.07) is 25.6. The topological polar surface area (TPSA) is 98.5 Å². The van der Waals surface area contributed by atoms with Gasteiger partial charge in [0.1, 0.15) is 11.6 Å². The lowest BCUT2D eigenvalue weighted by atomic mass is 9.89. The minimum atomic E-state index is -0.420. The summed E-state index contributed by atoms with van der Waals surface area (Å²) in [5, 5.41) is 0. The second kappa shape index (κ2) is 18.3. The zero-order valence-corrected chi connectivity index (χ0v) is 32.4. The summed E-state index contributed by atoms with van der Waals surface area (Å²) in [6.45, 7) is 10.9. The molecule has 0 radical (unpaired) electrons. The number of aromatic nitrogens is 2. The predicted molar refractivity (Wildman–Crippen MR) is 219 cm³/mol. The van der Waals surface area contributed by atoms with Crippen molar-refractivity contribution in [3.63, 3.8) is 0 Å². The number of hydrogen-bond donors (Lipinski definition) is 2. The number of oxazole rings is 2. The van der Waals surface area contributed by atoms with Crippen LogP contribution in [0.15, 0.2) is 109 Å². The molecule has 6 aromatic rings. The van der Waals surface area contributed by atoms with E-state index in [0.29, 0.717) is 28.9 Å². The van der Waals surface area contributed by atoms with E-state index in [2.05, 4.69) is 45.8 Å². The Labute approximate surface area is 326 Å². The molecule has 56 heavy (non-hydrogen) atoms. The maximum Gasteiger partial charge on any atom is 0.417 e. The van der Waals surface area contributed by atoms with Gasteiger partial charge in [0.2, 0.25) is 0 Å². The second-order valence-corrected chi connectivity index (χ2v) is 16.0. The standard InChI is InChI=1S/C23H27FN2O2.C23H25FN2O2/c2*1-16(12-19-4-7-21-22(14-19)28-23(27)25-21)15-26-10-8-18(9-11-26)13-17-2-5-20(24)6-3-17/h2-7,14,16,18H,8-13,15H2,1H3,(H,25,27);2-7,12,14,18H,8-11,13,15H2,1H3,(H,25,27). The summed E-state index contributed by atoms with van der Waals surface area (Å²) in [7, 11) is 0. The molecule has 4 heterocycles. The number of H-pyrrole nitrogens is 2. The number of nitrogens with one attached hydrogen (secondary N) is 2. The fraction of sp³-hybridized carbons (Fsp3) is 0.391. The van der Waals surface area contributed by atoms with E-state index in [1.165, 1.54) is 47.9 Å². The third-order valence-corrected chi connectivity index (χ3v) is 11.3. The molecular weight excluding hydrogens is 711 g/mol. The van der Waals surface area contributed by atoms with Crippen LogP contribution in [0.1, 0.15) is 61.8 Å². The molecule has 2 aromatic heterocycles. The average molecular weight is 763 g/mol. The Morgan fingerprint density at radius 2 is 1.18 bits per heavy atom. The maximum absolute atomic E-state index is 13.0. The van der Waals surface area contributed by atoms with Gasteiger partial charge in [0.25, 0.3) is 0 Å². The molecule has 1 atom stereocenters. The molecular formula is C46H52F2N4O4. The van der Waals surface area contributed by atoms with Gasteiger partial charge in [-0.3, -0.25) is 14.9 Å². The lowest BCUT2D eigenvalue weighted by Crippen LogP contribution is -2.37. The summed E-state index contributed by atoms with van der Waals surface area (Å²) >= 11 is 0. The van der Waals surface area contributed by atoms with E-state index in [1.807, 2.05) is 54.6 Å². The lowest BCUT2D eigenvalue weighted by molar-refractivity contribution is 0.163. The fourth-order valence-corrected chi connectivity index (χ4v) is 8.39. The van der Waals surface area contributed by atoms with Crippen LogP contribution in [0.2, 0.25) is 0 Å². The van der Waals surface area contributed by atoms with Crippen LogP contribution in [0.4, 0.5) is 8.78 Å². The van der Waals surface area contributed by atoms with E-state index in [-0.39, 0.29) is 11.6 Å². The van der Waals surface area contributed by atoms with Crippen molar-refractivity contribution in [1.82, 2.24) is 19.8 Å². The molecule has 2 fully saturated rings. The van der Waals surface area contributed by atoms with Gasteiger partial charge in [-0.05, 0) is 167 Å². The molecule has 0 amide bonds. The number of fused-ring (bicyclic) bond motifs is 2. The van der Waals surface area contributed by atoms with Crippen LogP contribution < -0.4 is 11.5 Å². The zero-order valence-electron chi connectivity index (χ0n) is 32.4. The molecule has 10 heteroatoms. The molecule has 8 rings (SSSR count). The van der Waals surface area contributed by atoms with Crippen molar-refractivity contribution in [3.05, 3.63) is 145 Å². The van der Waals surface area contributed by atoms with Crippen molar-refractivity contribution in [2.75, 3.05) is 39.3 Å². The van der Waals surface area contributed by atoms with Crippen LogP contribution >= 0.6 is 0 Å². The van der Waals surface area contributed by atoms with Gasteiger partial charge in [-0.2, -0.15) is 0 Å². The van der Waals surface area contributed by atoms with E-state index in [0.717, 1.165) is 75.1 Å². The van der Waals surface area contributed by atoms with Crippen molar-refractivity contribution in [2.24, 2.45) is 17.8 Å². The molecule has 8 nitrogen and oxygen atoms in total. The van der Waals surface area contributed by atoms with Gasteiger partial charge in [0.15, 0.2) is 11.2 Å². The Kier molecular flexibility index (Phi) is 12.8. The van der Waals surface area contributed by atoms with Gasteiger partial charge < -0.3 is 13.7 Å². The molecule has 0 saturated carbocycles. The quantitative estimate of drug-likeness (QED) is 0.137. The van der Waals surface area contributed by atoms with E-state index in [9.17, 15) is 18.4 Å². The smallest absolute Gasteiger partial charge is 0.408 e. The maximum atomic E-state index is 13.0. The molecule has 4 aromatic carbocycles. The first-order valence-corrected chi connectivity index (χ1v) is 20.0. The largest absolute Gasteiger partial charge is 0.417 e. The minimum Gasteiger partial charge on any atom is -0.408 e. The number of benzene rings is 4. The van der Waals surface area contributed by atoms with Crippen LogP contribution in [-0.2, 0) is 19.3 Å². The lowest BCUT2D eigenvalue weighted by Gasteiger charge is -2.33. The molecule has 0 aliphatic carbocycles. The number of likely N-dealkylation sites (tertiary alicyclic amines) is 2. The number of hydrogen-bond acceptors (Lipinski definition) is 6. The van der Waals surface area contributed by atoms with E-state index >= 15 is 0 Å². The number of nitrogens with zero attached hydrogens (tertiary/aromatic N) is 2. The van der Waals surface area contributed by atoms with Crippen LogP contribution in [0.5, 0.6) is 0 Å². The van der Waals surface area contributed by atoms with Crippen LogP contribution in [-0.4, -0.2) is 59.0 Å². The molecule has 2 saturated heterocycles. The highest BCUT2D eigenvalue weighted by molar-refractivity contribution is 5.76. The third-order valence-electron chi connectivity index (χ3n) is 11.3. The van der Waals surface area contributed by atoms with Gasteiger partial charge in [0.05, 0.1) is 11.0 Å². The molecule has 0 spiro atoms. The minimum absolute atomic E-state index is 0.162. The number of halogens is 2. The summed E-state index contributed by atoms with van der Waals surface area (Å²) in [6.07, 6.45) is 9.94. The number of rotatable bonds is 11. The van der Waals surface area contributed by atoms with Gasteiger partial charge in [-0.15, -0.1) is 0 Å². The fourth-order valence-electron chi connectivity index (χ4n) is 8.39. The van der Waals surface area contributed by atoms with Crippen molar-refractivity contribution in [1.29, 1.82) is 0 Å². The molecule has 1 unspecified atom stereocenters. The van der Waals surface area contributed by atoms with Crippen molar-refractivity contribution < 1.29 is 17.6 Å². The van der Waals surface area contributed by atoms with Gasteiger partial charge >= 0.3 is 11.5 Å². The first-order chi connectivity index (χ1) is 27.1. The van der Waals surface area contributed by atoms with Gasteiger partial charge in [-0.1, -0.05) is 55.0 Å². The Bertz CT molecular complexity index is 2320. The van der Waals surface area contributed by atoms with E-state index < -0.39 is 11.5 Å². The molecule has 2 aliphatic rings. The summed E-state index contributed by atoms with van der Waals surface area (Å²) in [5.41, 5.74) is 8.70. The Balaban J connectivity index is 0.000000172. The Morgan fingerprint density at radius 1 is 0.696 bits per heavy atom. The highest BCUT2D eigenvalue weighted by Crippen LogP contribution is 2.25. The van der Waals surface area contributed by atoms with Crippen molar-refractivity contribution in [2.45, 2.75) is 58.8 Å². The molecule has 2 aliphatic heterocycles. The Morgan fingerprint density at radius 3 is 1.73 bits per heavy atom. The highest BCUT2D eigenvalue weighted by Gasteiger charge is 2.22. The van der Waals surface area contributed by atoms with Crippen molar-refractivity contribution >= 4 is 28.3 Å². The van der Waals surface area contributed by atoms with Crippen LogP contribution in [0.25, 0.3) is 28.3 Å². The third kappa shape index (κ3) is 11.0. The zero-order chi connectivity index (χ0) is 39.0. The van der Waals surface area contributed by atoms with Crippen molar-refractivity contribution in [3.8, 4) is 0 Å². The normalized spacial score (nSPS) is 17.0. The molecule has 0 bridgehead atoms. The SMILES string of the molecule is CC(=Cc1ccc2[nH]c(=O)oc2c1)CN1CCC(Cc2ccc(F)cc2)CC1.CC(Cc1ccc2[nH]c(=O)oc2c1)CN1CCC(Cc2ccc(F)cc2)CC1. The predicted octanol–water partition coefficient (Wildman–Crippen LogP) is 9.01. The van der Waals surface area contributed by atoms with Crippen LogP contribution in [0.3, 0.4) is 0 Å². The van der Waals surface area contributed by atoms with Gasteiger partial charge in [0, 0.05) is 13.1 Å². The van der Waals surface area contributed by atoms with E-state index in [4.69, 9.17) is 8.83 Å². The highest BCUT2D eigenvalue weighted by atomic mass is 19.1. The monoisotopic (exact) mass is 762 g/mol. The first kappa shape index (κ1) is 39.2. The molecule has 2 N–H and O–H groups in total. The summed E-state index contributed by atoms with van der Waals surface area (Å²) in [5.74, 6) is 0.751. The Hall–Kier alpha value is -5.06. The molecule has 294 valence electrons. The summed E-state index contributed by atoms with van der Waals surface area (Å²) in [4.78, 5) is 33.0.